The molecule has 0 spiro atoms. The summed E-state index contributed by atoms with van der Waals surface area (Å²) in [5.74, 6) is 0.868. The van der Waals surface area contributed by atoms with E-state index in [0.29, 0.717) is 12.1 Å². The van der Waals surface area contributed by atoms with E-state index in [1.165, 1.54) is 18.4 Å². The predicted octanol–water partition coefficient (Wildman–Crippen LogP) is 3.96. The van der Waals surface area contributed by atoms with Crippen molar-refractivity contribution in [2.45, 2.75) is 51.2 Å². The Morgan fingerprint density at radius 3 is 2.37 bits per heavy atom. The summed E-state index contributed by atoms with van der Waals surface area (Å²) in [6, 6.07) is 9.73. The molecule has 2 N–H and O–H groups in total. The Morgan fingerprint density at radius 2 is 1.89 bits per heavy atom. The predicted molar refractivity (Wildman–Crippen MR) is 85.1 cm³/mol. The van der Waals surface area contributed by atoms with E-state index >= 15 is 0 Å². The summed E-state index contributed by atoms with van der Waals surface area (Å²) >= 11 is 3.50. The SMILES string of the molecule is CCC(N)C(c1ccc(Br)cc1)N(C)C(C)C1CC1. The minimum atomic E-state index is 0.187. The van der Waals surface area contributed by atoms with Crippen molar-refractivity contribution in [1.82, 2.24) is 4.90 Å². The van der Waals surface area contributed by atoms with Gasteiger partial charge in [0.2, 0.25) is 0 Å². The van der Waals surface area contributed by atoms with Gasteiger partial charge in [0, 0.05) is 22.6 Å². The van der Waals surface area contributed by atoms with Crippen LogP contribution in [0.25, 0.3) is 0 Å². The lowest BCUT2D eigenvalue weighted by Crippen LogP contribution is -2.43. The number of rotatable bonds is 6. The Bertz CT molecular complexity index is 400. The standard InChI is InChI=1S/C16H25BrN2/c1-4-15(18)16(13-7-9-14(17)10-8-13)19(3)11(2)12-5-6-12/h7-12,15-16H,4-6,18H2,1-3H3. The molecular weight excluding hydrogens is 300 g/mol. The van der Waals surface area contributed by atoms with Crippen molar-refractivity contribution < 1.29 is 0 Å². The Hall–Kier alpha value is -0.380. The Balaban J connectivity index is 2.21. The average molecular weight is 325 g/mol. The number of hydrogen-bond donors (Lipinski definition) is 1. The highest BCUT2D eigenvalue weighted by Gasteiger charge is 2.35. The third-order valence-electron chi connectivity index (χ3n) is 4.47. The van der Waals surface area contributed by atoms with Gasteiger partial charge in [0.25, 0.3) is 0 Å². The van der Waals surface area contributed by atoms with Crippen molar-refractivity contribution in [2.24, 2.45) is 11.7 Å². The van der Waals surface area contributed by atoms with Crippen LogP contribution in [0.5, 0.6) is 0 Å². The summed E-state index contributed by atoms with van der Waals surface area (Å²) in [5, 5.41) is 0. The molecule has 1 aromatic rings. The summed E-state index contributed by atoms with van der Waals surface area (Å²) in [5.41, 5.74) is 7.72. The van der Waals surface area contributed by atoms with Gasteiger partial charge in [-0.25, -0.2) is 0 Å². The van der Waals surface area contributed by atoms with E-state index in [0.717, 1.165) is 16.8 Å². The summed E-state index contributed by atoms with van der Waals surface area (Å²) < 4.78 is 1.12. The summed E-state index contributed by atoms with van der Waals surface area (Å²) in [4.78, 5) is 2.48. The fourth-order valence-corrected chi connectivity index (χ4v) is 3.10. The van der Waals surface area contributed by atoms with E-state index in [1.54, 1.807) is 0 Å². The van der Waals surface area contributed by atoms with Crippen LogP contribution in [-0.2, 0) is 0 Å². The molecule has 3 unspecified atom stereocenters. The van der Waals surface area contributed by atoms with E-state index in [9.17, 15) is 0 Å². The average Bonchev–Trinajstić information content (AvgIpc) is 3.24. The van der Waals surface area contributed by atoms with Gasteiger partial charge >= 0.3 is 0 Å². The van der Waals surface area contributed by atoms with E-state index in [2.05, 4.69) is 66.0 Å². The van der Waals surface area contributed by atoms with Gasteiger partial charge in [0.1, 0.15) is 0 Å². The molecule has 3 atom stereocenters. The van der Waals surface area contributed by atoms with Crippen LogP contribution in [-0.4, -0.2) is 24.0 Å². The van der Waals surface area contributed by atoms with Crippen molar-refractivity contribution in [2.75, 3.05) is 7.05 Å². The molecule has 0 heterocycles. The number of likely N-dealkylation sites (N-methyl/N-ethyl adjacent to an activating group) is 1. The van der Waals surface area contributed by atoms with Gasteiger partial charge in [0.05, 0.1) is 0 Å². The zero-order valence-corrected chi connectivity index (χ0v) is 13.7. The third-order valence-corrected chi connectivity index (χ3v) is 5.00. The van der Waals surface area contributed by atoms with Gasteiger partial charge in [-0.1, -0.05) is 35.0 Å². The molecule has 1 saturated carbocycles. The van der Waals surface area contributed by atoms with Crippen LogP contribution in [0.1, 0.15) is 44.7 Å². The van der Waals surface area contributed by atoms with Gasteiger partial charge in [0.15, 0.2) is 0 Å². The maximum absolute atomic E-state index is 6.39. The molecule has 106 valence electrons. The first-order chi connectivity index (χ1) is 9.04. The first-order valence-corrected chi connectivity index (χ1v) is 8.06. The van der Waals surface area contributed by atoms with E-state index in [4.69, 9.17) is 5.73 Å². The molecule has 2 nitrogen and oxygen atoms in total. The molecule has 2 rings (SSSR count). The lowest BCUT2D eigenvalue weighted by Gasteiger charge is -2.37. The van der Waals surface area contributed by atoms with Gasteiger partial charge in [-0.3, -0.25) is 4.90 Å². The molecule has 1 aromatic carbocycles. The van der Waals surface area contributed by atoms with Crippen LogP contribution in [0.2, 0.25) is 0 Å². The number of halogens is 1. The fourth-order valence-electron chi connectivity index (χ4n) is 2.83. The molecule has 0 aliphatic heterocycles. The van der Waals surface area contributed by atoms with Crippen LogP contribution in [0, 0.1) is 5.92 Å². The molecule has 1 fully saturated rings. The van der Waals surface area contributed by atoms with Crippen molar-refractivity contribution >= 4 is 15.9 Å². The fraction of sp³-hybridized carbons (Fsp3) is 0.625. The lowest BCUT2D eigenvalue weighted by molar-refractivity contribution is 0.143. The minimum absolute atomic E-state index is 0.187. The number of benzene rings is 1. The van der Waals surface area contributed by atoms with Crippen molar-refractivity contribution in [3.63, 3.8) is 0 Å². The van der Waals surface area contributed by atoms with Crippen LogP contribution < -0.4 is 5.73 Å². The third kappa shape index (κ3) is 3.59. The Labute approximate surface area is 125 Å². The van der Waals surface area contributed by atoms with E-state index < -0.39 is 0 Å². The Morgan fingerprint density at radius 1 is 1.32 bits per heavy atom. The van der Waals surface area contributed by atoms with Gasteiger partial charge in [-0.05, 0) is 56.8 Å². The van der Waals surface area contributed by atoms with Crippen molar-refractivity contribution in [3.05, 3.63) is 34.3 Å². The quantitative estimate of drug-likeness (QED) is 0.858. The van der Waals surface area contributed by atoms with E-state index in [1.807, 2.05) is 0 Å². The highest BCUT2D eigenvalue weighted by atomic mass is 79.9. The topological polar surface area (TPSA) is 29.3 Å². The van der Waals surface area contributed by atoms with Gasteiger partial charge in [-0.15, -0.1) is 0 Å². The van der Waals surface area contributed by atoms with Crippen molar-refractivity contribution in [1.29, 1.82) is 0 Å². The normalized spacial score (nSPS) is 20.3. The summed E-state index contributed by atoms with van der Waals surface area (Å²) in [6.45, 7) is 4.51. The van der Waals surface area contributed by atoms with Gasteiger partial charge in [-0.2, -0.15) is 0 Å². The Kier molecular flexibility index (Phi) is 5.04. The van der Waals surface area contributed by atoms with Crippen molar-refractivity contribution in [3.8, 4) is 0 Å². The molecule has 3 heteroatoms. The second kappa shape index (κ2) is 6.38. The zero-order chi connectivity index (χ0) is 14.0. The molecule has 0 bridgehead atoms. The van der Waals surface area contributed by atoms with Crippen LogP contribution >= 0.6 is 15.9 Å². The maximum atomic E-state index is 6.39. The van der Waals surface area contributed by atoms with Crippen LogP contribution in [0.4, 0.5) is 0 Å². The lowest BCUT2D eigenvalue weighted by atomic mass is 9.95. The molecule has 1 aliphatic carbocycles. The first kappa shape index (κ1) is 15.0. The number of nitrogens with two attached hydrogens (primary N) is 1. The second-order valence-electron chi connectivity index (χ2n) is 5.81. The smallest absolute Gasteiger partial charge is 0.0498 e. The molecule has 0 saturated heterocycles. The molecular formula is C16H25BrN2. The maximum Gasteiger partial charge on any atom is 0.0498 e. The number of hydrogen-bond acceptors (Lipinski definition) is 2. The minimum Gasteiger partial charge on any atom is -0.326 e. The molecule has 1 aliphatic rings. The van der Waals surface area contributed by atoms with Crippen LogP contribution in [0.3, 0.4) is 0 Å². The first-order valence-electron chi connectivity index (χ1n) is 7.27. The highest BCUT2D eigenvalue weighted by Crippen LogP contribution is 2.38. The van der Waals surface area contributed by atoms with E-state index in [-0.39, 0.29) is 6.04 Å². The molecule has 0 amide bonds. The monoisotopic (exact) mass is 324 g/mol. The summed E-state index contributed by atoms with van der Waals surface area (Å²) in [7, 11) is 2.23. The molecule has 0 aromatic heterocycles. The molecule has 0 radical (unpaired) electrons. The summed E-state index contributed by atoms with van der Waals surface area (Å²) in [6.07, 6.45) is 3.75. The zero-order valence-electron chi connectivity index (χ0n) is 12.1. The van der Waals surface area contributed by atoms with Gasteiger partial charge < -0.3 is 5.73 Å². The van der Waals surface area contributed by atoms with Crippen LogP contribution in [0.15, 0.2) is 28.7 Å². The largest absolute Gasteiger partial charge is 0.326 e. The second-order valence-corrected chi connectivity index (χ2v) is 6.73. The molecule has 19 heavy (non-hydrogen) atoms. The number of nitrogens with zero attached hydrogens (tertiary/aromatic N) is 1. The highest BCUT2D eigenvalue weighted by molar-refractivity contribution is 9.10.